The Morgan fingerprint density at radius 3 is 1.26 bits per heavy atom. The number of nitrogens with zero attached hydrogens (tertiary/aromatic N) is 2. The Labute approximate surface area is 236 Å². The molecule has 0 radical (unpaired) electrons. The second-order valence-corrected chi connectivity index (χ2v) is 17.5. The van der Waals surface area contributed by atoms with Crippen molar-refractivity contribution in [1.82, 2.24) is 9.80 Å². The molecule has 4 saturated heterocycles. The first kappa shape index (κ1) is 29.4. The van der Waals surface area contributed by atoms with Gasteiger partial charge in [0.1, 0.15) is 0 Å². The first-order chi connectivity index (χ1) is 18.3. The average Bonchev–Trinajstić information content (AvgIpc) is 3.77. The van der Waals surface area contributed by atoms with Crippen LogP contribution in [0.3, 0.4) is 0 Å². The molecule has 4 nitrogen and oxygen atoms in total. The maximum Gasteiger partial charge on any atom is 0.0578 e. The zero-order chi connectivity index (χ0) is 26.5. The quantitative estimate of drug-likeness (QED) is 0.325. The van der Waals surface area contributed by atoms with Crippen molar-refractivity contribution >= 4 is 15.4 Å². The minimum Gasteiger partial charge on any atom is -0.378 e. The van der Waals surface area contributed by atoms with E-state index in [9.17, 15) is 4.21 Å². The number of hydrogen-bond acceptors (Lipinski definition) is 4. The smallest absolute Gasteiger partial charge is 0.0578 e. The zero-order valence-corrected chi connectivity index (χ0v) is 25.8. The molecule has 0 amide bonds. The first-order valence-corrected chi connectivity index (χ1v) is 18.7. The molecule has 0 unspecified atom stereocenters. The van der Waals surface area contributed by atoms with Crippen molar-refractivity contribution in [1.29, 1.82) is 0 Å². The summed E-state index contributed by atoms with van der Waals surface area (Å²) in [6.45, 7) is 3.82. The van der Waals surface area contributed by atoms with Gasteiger partial charge in [0.2, 0.25) is 0 Å². The van der Waals surface area contributed by atoms with Gasteiger partial charge in [0.25, 0.3) is 0 Å². The van der Waals surface area contributed by atoms with Crippen molar-refractivity contribution in [2.24, 2.45) is 29.6 Å². The summed E-state index contributed by atoms with van der Waals surface area (Å²) in [4.78, 5) is 5.02. The number of hydrogen-bond donors (Lipinski definition) is 0. The number of piperidine rings is 2. The number of likely N-dealkylation sites (tertiary alicyclic amines) is 2. The summed E-state index contributed by atoms with van der Waals surface area (Å²) in [6, 6.07) is 1.94. The van der Waals surface area contributed by atoms with Crippen LogP contribution in [0.15, 0.2) is 0 Å². The standard InChI is InChI=1S/2C7H13N.C7H12.C6H12OS.C6H10O/c2*1-8-5-6-2-3-7(8)4-6;1-2-7-4-3-6(1)5-7;1-8(7)5-3-2-4-6-8;1-2-6-3-5(1)4-7-6/h2*6-7H,2-5H2,1H3;6-7H,1-5H2;1-6H2;5-6H,1-4H2/t2*6-,7+;;;5-,6+/m10..0/s1. The lowest BCUT2D eigenvalue weighted by Crippen LogP contribution is -2.27. The van der Waals surface area contributed by atoms with Crippen LogP contribution in [-0.2, 0) is 14.3 Å². The van der Waals surface area contributed by atoms with E-state index in [4.69, 9.17) is 4.74 Å². The van der Waals surface area contributed by atoms with Crippen molar-refractivity contribution in [3.05, 3.63) is 0 Å². The Morgan fingerprint density at radius 1 is 0.605 bits per heavy atom. The molecule has 0 N–H and O–H groups in total. The fourth-order valence-electron chi connectivity index (χ4n) is 9.13. The highest BCUT2D eigenvalue weighted by Crippen LogP contribution is 2.44. The molecule has 4 aliphatic heterocycles. The molecule has 38 heavy (non-hydrogen) atoms. The van der Waals surface area contributed by atoms with Crippen LogP contribution in [0.4, 0.5) is 0 Å². The minimum absolute atomic E-state index is 0.671. The predicted molar refractivity (Wildman–Crippen MR) is 164 cm³/mol. The van der Waals surface area contributed by atoms with Gasteiger partial charge in [-0.1, -0.05) is 32.1 Å². The van der Waals surface area contributed by atoms with E-state index in [0.29, 0.717) is 6.10 Å². The second-order valence-electron chi connectivity index (χ2n) is 14.7. The Kier molecular flexibility index (Phi) is 10.6. The molecule has 220 valence electrons. The van der Waals surface area contributed by atoms with Crippen LogP contribution in [-0.4, -0.2) is 83.4 Å². The van der Waals surface area contributed by atoms with Crippen LogP contribution in [0.1, 0.15) is 109 Å². The third-order valence-corrected chi connectivity index (χ3v) is 13.7. The maximum atomic E-state index is 11.1. The molecule has 0 spiro atoms. The molecule has 5 aliphatic carbocycles. The Balaban J connectivity index is 0.0000000968. The SMILES string of the molecule is C1CC2CCC1C2.C1C[C@@H]2C[C@H]1CO2.C=S1(=O)CCCCC1.CN1C[C@@H]2CC[C@H]1C2.CN1C[C@H]2CC[C@@H]1C2. The third kappa shape index (κ3) is 8.46. The van der Waals surface area contributed by atoms with E-state index in [1.165, 1.54) is 89.1 Å². The molecule has 0 aromatic carbocycles. The lowest BCUT2D eigenvalue weighted by molar-refractivity contribution is 0.0775. The van der Waals surface area contributed by atoms with Crippen molar-refractivity contribution in [2.75, 3.05) is 45.3 Å². The number of rotatable bonds is 0. The van der Waals surface area contributed by atoms with Crippen LogP contribution in [0.2, 0.25) is 0 Å². The van der Waals surface area contributed by atoms with Crippen LogP contribution in [0.25, 0.3) is 0 Å². The Morgan fingerprint density at radius 2 is 1.11 bits per heavy atom. The summed E-state index contributed by atoms with van der Waals surface area (Å²) < 4.78 is 16.4. The lowest BCUT2D eigenvalue weighted by Gasteiger charge is -2.20. The molecule has 9 rings (SSSR count). The van der Waals surface area contributed by atoms with Gasteiger partial charge in [-0.3, -0.25) is 4.21 Å². The molecule has 5 heteroatoms. The molecule has 0 aromatic rings. The summed E-state index contributed by atoms with van der Waals surface area (Å²) in [5, 5.41) is 0. The van der Waals surface area contributed by atoms with Crippen LogP contribution < -0.4 is 0 Å². The average molecular weight is 549 g/mol. The molecule has 6 atom stereocenters. The van der Waals surface area contributed by atoms with Crippen molar-refractivity contribution in [2.45, 2.75) is 127 Å². The normalized spacial score (nSPS) is 42.9. The minimum atomic E-state index is -1.58. The molecular weight excluding hydrogens is 488 g/mol. The Bertz CT molecular complexity index is 731. The fraction of sp³-hybridized carbons (Fsp3) is 0.970. The largest absolute Gasteiger partial charge is 0.378 e. The van der Waals surface area contributed by atoms with Crippen molar-refractivity contribution in [3.8, 4) is 0 Å². The summed E-state index contributed by atoms with van der Waals surface area (Å²) >= 11 is 0. The highest BCUT2D eigenvalue weighted by molar-refractivity contribution is 8.00. The molecule has 0 aromatic heterocycles. The van der Waals surface area contributed by atoms with E-state index in [-0.39, 0.29) is 0 Å². The summed E-state index contributed by atoms with van der Waals surface area (Å²) in [5.41, 5.74) is 0. The zero-order valence-electron chi connectivity index (χ0n) is 25.0. The summed E-state index contributed by atoms with van der Waals surface area (Å²) in [6.07, 6.45) is 25.1. The van der Waals surface area contributed by atoms with E-state index >= 15 is 0 Å². The van der Waals surface area contributed by atoms with Crippen LogP contribution >= 0.6 is 0 Å². The Hall–Kier alpha value is -0.100. The third-order valence-electron chi connectivity index (χ3n) is 11.6. The van der Waals surface area contributed by atoms with E-state index in [2.05, 4.69) is 29.8 Å². The molecule has 9 fully saturated rings. The van der Waals surface area contributed by atoms with Gasteiger partial charge in [0.15, 0.2) is 0 Å². The number of fused-ring (bicyclic) bond motifs is 8. The van der Waals surface area contributed by atoms with E-state index < -0.39 is 9.52 Å². The molecule has 5 saturated carbocycles. The van der Waals surface area contributed by atoms with Crippen molar-refractivity contribution in [3.63, 3.8) is 0 Å². The highest BCUT2D eigenvalue weighted by Gasteiger charge is 2.36. The molecular formula is C33H60N2O2S. The molecule has 9 aliphatic rings. The lowest BCUT2D eigenvalue weighted by atomic mass is 10.0. The predicted octanol–water partition coefficient (Wildman–Crippen LogP) is 6.47. The van der Waals surface area contributed by atoms with E-state index in [1.807, 2.05) is 0 Å². The van der Waals surface area contributed by atoms with Gasteiger partial charge in [-0.25, -0.2) is 0 Å². The highest BCUT2D eigenvalue weighted by atomic mass is 32.2. The molecule has 4 heterocycles. The maximum absolute atomic E-state index is 11.1. The summed E-state index contributed by atoms with van der Waals surface area (Å²) in [7, 11) is 2.92. The monoisotopic (exact) mass is 548 g/mol. The number of ether oxygens (including phenoxy) is 1. The fourth-order valence-corrected chi connectivity index (χ4v) is 10.8. The first-order valence-electron chi connectivity index (χ1n) is 16.7. The van der Waals surface area contributed by atoms with Gasteiger partial charge >= 0.3 is 0 Å². The molecule has 8 bridgehead atoms. The van der Waals surface area contributed by atoms with Gasteiger partial charge in [-0.2, -0.15) is 0 Å². The topological polar surface area (TPSA) is 32.8 Å². The van der Waals surface area contributed by atoms with Gasteiger partial charge in [0, 0.05) is 43.3 Å². The van der Waals surface area contributed by atoms with Crippen molar-refractivity contribution < 1.29 is 8.95 Å². The second kappa shape index (κ2) is 13.7. The summed E-state index contributed by atoms with van der Waals surface area (Å²) in [5.74, 6) is 10.8. The van der Waals surface area contributed by atoms with E-state index in [1.54, 1.807) is 32.1 Å². The van der Waals surface area contributed by atoms with Crippen LogP contribution in [0.5, 0.6) is 0 Å². The van der Waals surface area contributed by atoms with Gasteiger partial charge in [-0.15, -0.1) is 0 Å². The van der Waals surface area contributed by atoms with Gasteiger partial charge in [0.05, 0.1) is 6.10 Å². The van der Waals surface area contributed by atoms with Crippen LogP contribution in [0, 0.1) is 29.6 Å². The van der Waals surface area contributed by atoms with Gasteiger partial charge < -0.3 is 14.5 Å². The van der Waals surface area contributed by atoms with E-state index in [0.717, 1.165) is 60.8 Å². The van der Waals surface area contributed by atoms with Gasteiger partial charge in [-0.05, 0) is 136 Å².